The molecule has 1 heterocycles. The summed E-state index contributed by atoms with van der Waals surface area (Å²) in [5.41, 5.74) is 1.92. The van der Waals surface area contributed by atoms with Crippen molar-refractivity contribution in [2.24, 2.45) is 5.92 Å². The summed E-state index contributed by atoms with van der Waals surface area (Å²) in [5.74, 6) is -0.867. The number of rotatable bonds is 7. The van der Waals surface area contributed by atoms with Crippen molar-refractivity contribution in [3.63, 3.8) is 0 Å². The van der Waals surface area contributed by atoms with E-state index in [0.29, 0.717) is 11.3 Å². The van der Waals surface area contributed by atoms with Crippen LogP contribution in [0, 0.1) is 11.7 Å². The van der Waals surface area contributed by atoms with Crippen LogP contribution in [0.1, 0.15) is 29.9 Å². The Hall–Kier alpha value is -3.23. The maximum Gasteiger partial charge on any atom is 0.247 e. The van der Waals surface area contributed by atoms with Crippen LogP contribution >= 0.6 is 0 Å². The van der Waals surface area contributed by atoms with Gasteiger partial charge in [0.25, 0.3) is 0 Å². The average Bonchev–Trinajstić information content (AvgIpc) is 3.62. The summed E-state index contributed by atoms with van der Waals surface area (Å²) in [7, 11) is 0. The SMILES string of the molecule is O=C(NCCO)C1=CC(N(Cc2ccc(F)cc2)C(=O)C2CC2)C(O)C2Oc3ccccc3C12. The molecule has 1 saturated carbocycles. The average molecular weight is 467 g/mol. The highest BCUT2D eigenvalue weighted by Crippen LogP contribution is 2.47. The third-order valence-corrected chi connectivity index (χ3v) is 6.71. The smallest absolute Gasteiger partial charge is 0.247 e. The first-order valence-corrected chi connectivity index (χ1v) is 11.6. The summed E-state index contributed by atoms with van der Waals surface area (Å²) in [6.07, 6.45) is 1.40. The lowest BCUT2D eigenvalue weighted by molar-refractivity contribution is -0.139. The quantitative estimate of drug-likeness (QED) is 0.579. The molecule has 0 aromatic heterocycles. The zero-order valence-electron chi connectivity index (χ0n) is 18.6. The molecule has 2 aromatic rings. The lowest BCUT2D eigenvalue weighted by Gasteiger charge is -2.41. The van der Waals surface area contributed by atoms with Crippen molar-refractivity contribution in [3.05, 3.63) is 77.1 Å². The van der Waals surface area contributed by atoms with Crippen LogP contribution in [0.3, 0.4) is 0 Å². The van der Waals surface area contributed by atoms with Crippen molar-refractivity contribution < 1.29 is 28.9 Å². The van der Waals surface area contributed by atoms with E-state index in [4.69, 9.17) is 4.74 Å². The van der Waals surface area contributed by atoms with E-state index in [0.717, 1.165) is 24.0 Å². The van der Waals surface area contributed by atoms with E-state index in [2.05, 4.69) is 5.32 Å². The zero-order valence-corrected chi connectivity index (χ0v) is 18.6. The van der Waals surface area contributed by atoms with Gasteiger partial charge in [0.05, 0.1) is 18.6 Å². The Bertz CT molecular complexity index is 1110. The standard InChI is InChI=1S/C26H27FN2O5/c27-17-9-5-15(6-10-17)14-29(26(33)16-7-8-16)20-13-19(25(32)28-11-12-30)22-18-3-1-2-4-21(18)34-24(22)23(20)31/h1-6,9-10,13,16,20,22-24,30-31H,7-8,11-12,14H2,(H,28,32). The molecule has 2 amide bonds. The number of nitrogens with zero attached hydrogens (tertiary/aromatic N) is 1. The molecule has 2 aliphatic carbocycles. The Morgan fingerprint density at radius 1 is 1.12 bits per heavy atom. The molecule has 5 rings (SSSR count). The largest absolute Gasteiger partial charge is 0.486 e. The first kappa shape index (κ1) is 22.6. The van der Waals surface area contributed by atoms with E-state index >= 15 is 0 Å². The number of para-hydroxylation sites is 1. The van der Waals surface area contributed by atoms with E-state index < -0.39 is 24.2 Å². The molecule has 1 aliphatic heterocycles. The Labute approximate surface area is 196 Å². The van der Waals surface area contributed by atoms with Crippen molar-refractivity contribution >= 4 is 11.8 Å². The number of amides is 2. The minimum absolute atomic E-state index is 0.0869. The van der Waals surface area contributed by atoms with E-state index in [9.17, 15) is 24.2 Å². The molecule has 0 spiro atoms. The third kappa shape index (κ3) is 4.19. The number of ether oxygens (including phenoxy) is 1. The second kappa shape index (κ2) is 9.19. The number of benzene rings is 2. The number of aliphatic hydroxyl groups excluding tert-OH is 2. The van der Waals surface area contributed by atoms with Gasteiger partial charge in [-0.2, -0.15) is 0 Å². The van der Waals surface area contributed by atoms with Gasteiger partial charge in [-0.1, -0.05) is 30.3 Å². The van der Waals surface area contributed by atoms with Gasteiger partial charge in [0.1, 0.15) is 23.8 Å². The molecule has 1 fully saturated rings. The van der Waals surface area contributed by atoms with Gasteiger partial charge in [-0.05, 0) is 42.7 Å². The number of fused-ring (bicyclic) bond motifs is 3. The van der Waals surface area contributed by atoms with Gasteiger partial charge >= 0.3 is 0 Å². The monoisotopic (exact) mass is 466 g/mol. The number of aliphatic hydroxyl groups is 2. The van der Waals surface area contributed by atoms with Crippen LogP contribution in [-0.2, 0) is 16.1 Å². The predicted molar refractivity (Wildman–Crippen MR) is 121 cm³/mol. The Kier molecular flexibility index (Phi) is 6.10. The molecular weight excluding hydrogens is 439 g/mol. The molecule has 0 saturated heterocycles. The van der Waals surface area contributed by atoms with E-state index in [-0.39, 0.29) is 43.2 Å². The van der Waals surface area contributed by atoms with Crippen LogP contribution in [0.4, 0.5) is 4.39 Å². The number of carbonyl (C=O) groups excluding carboxylic acids is 2. The van der Waals surface area contributed by atoms with E-state index in [1.807, 2.05) is 18.2 Å². The molecule has 4 atom stereocenters. The van der Waals surface area contributed by atoms with Crippen molar-refractivity contribution in [3.8, 4) is 5.75 Å². The van der Waals surface area contributed by atoms with Gasteiger partial charge in [-0.3, -0.25) is 9.59 Å². The third-order valence-electron chi connectivity index (χ3n) is 6.71. The van der Waals surface area contributed by atoms with Gasteiger partial charge in [-0.15, -0.1) is 0 Å². The molecule has 7 nitrogen and oxygen atoms in total. The fourth-order valence-corrected chi connectivity index (χ4v) is 4.87. The minimum atomic E-state index is -1.07. The van der Waals surface area contributed by atoms with Crippen LogP contribution in [-0.4, -0.2) is 58.3 Å². The summed E-state index contributed by atoms with van der Waals surface area (Å²) >= 11 is 0. The Morgan fingerprint density at radius 2 is 1.85 bits per heavy atom. The number of halogens is 1. The zero-order chi connectivity index (χ0) is 23.8. The second-order valence-electron chi connectivity index (χ2n) is 9.05. The maximum atomic E-state index is 13.4. The fraction of sp³-hybridized carbons (Fsp3) is 0.385. The summed E-state index contributed by atoms with van der Waals surface area (Å²) in [4.78, 5) is 28.0. The highest BCUT2D eigenvalue weighted by Gasteiger charge is 2.51. The van der Waals surface area contributed by atoms with Crippen molar-refractivity contribution in [1.29, 1.82) is 0 Å². The molecular formula is C26H27FN2O5. The van der Waals surface area contributed by atoms with Crippen LogP contribution < -0.4 is 10.1 Å². The van der Waals surface area contributed by atoms with Crippen LogP contribution in [0.2, 0.25) is 0 Å². The van der Waals surface area contributed by atoms with Gasteiger partial charge < -0.3 is 25.2 Å². The van der Waals surface area contributed by atoms with Crippen molar-refractivity contribution in [2.45, 2.75) is 43.6 Å². The fourth-order valence-electron chi connectivity index (χ4n) is 4.87. The number of hydrogen-bond donors (Lipinski definition) is 3. The van der Waals surface area contributed by atoms with Gasteiger partial charge in [-0.25, -0.2) is 4.39 Å². The lowest BCUT2D eigenvalue weighted by Crippen LogP contribution is -2.55. The minimum Gasteiger partial charge on any atom is -0.486 e. The Morgan fingerprint density at radius 3 is 2.56 bits per heavy atom. The highest BCUT2D eigenvalue weighted by molar-refractivity contribution is 5.96. The maximum absolute atomic E-state index is 13.4. The molecule has 34 heavy (non-hydrogen) atoms. The number of carbonyl (C=O) groups is 2. The first-order valence-electron chi connectivity index (χ1n) is 11.6. The summed E-state index contributed by atoms with van der Waals surface area (Å²) < 4.78 is 19.6. The molecule has 0 radical (unpaired) electrons. The molecule has 8 heteroatoms. The van der Waals surface area contributed by atoms with Crippen LogP contribution in [0.15, 0.2) is 60.2 Å². The molecule has 3 aliphatic rings. The summed E-state index contributed by atoms with van der Waals surface area (Å²) in [5, 5.41) is 23.3. The van der Waals surface area contributed by atoms with Gasteiger partial charge in [0.2, 0.25) is 11.8 Å². The van der Waals surface area contributed by atoms with Gasteiger partial charge in [0.15, 0.2) is 0 Å². The number of nitrogens with one attached hydrogen (secondary N) is 1. The first-order chi connectivity index (χ1) is 16.5. The number of hydrogen-bond acceptors (Lipinski definition) is 5. The normalized spacial score (nSPS) is 25.0. The Balaban J connectivity index is 1.54. The van der Waals surface area contributed by atoms with Gasteiger partial charge in [0, 0.05) is 30.1 Å². The molecule has 178 valence electrons. The highest BCUT2D eigenvalue weighted by atomic mass is 19.1. The van der Waals surface area contributed by atoms with Crippen LogP contribution in [0.5, 0.6) is 5.75 Å². The summed E-state index contributed by atoms with van der Waals surface area (Å²) in [6.45, 7) is 0.0520. The molecule has 0 bridgehead atoms. The predicted octanol–water partition coefficient (Wildman–Crippen LogP) is 1.89. The van der Waals surface area contributed by atoms with E-state index in [1.165, 1.54) is 12.1 Å². The second-order valence-corrected chi connectivity index (χ2v) is 9.05. The van der Waals surface area contributed by atoms with Crippen molar-refractivity contribution in [2.75, 3.05) is 13.2 Å². The van der Waals surface area contributed by atoms with E-state index in [1.54, 1.807) is 29.2 Å². The molecule has 2 aromatic carbocycles. The van der Waals surface area contributed by atoms with Crippen LogP contribution in [0.25, 0.3) is 0 Å². The van der Waals surface area contributed by atoms with Crippen molar-refractivity contribution in [1.82, 2.24) is 10.2 Å². The molecule has 4 unspecified atom stereocenters. The molecule has 3 N–H and O–H groups in total. The lowest BCUT2D eigenvalue weighted by atomic mass is 9.77. The summed E-state index contributed by atoms with van der Waals surface area (Å²) in [6, 6.07) is 12.4. The topological polar surface area (TPSA) is 99.1 Å².